The third-order valence-corrected chi connectivity index (χ3v) is 5.09. The summed E-state index contributed by atoms with van der Waals surface area (Å²) < 4.78 is 10.9. The summed E-state index contributed by atoms with van der Waals surface area (Å²) in [5.41, 5.74) is 0.514. The van der Waals surface area contributed by atoms with E-state index in [0.29, 0.717) is 5.41 Å². The molecule has 0 atom stereocenters. The van der Waals surface area contributed by atoms with Crippen LogP contribution in [-0.2, 0) is 9.47 Å². The molecule has 88 valence electrons. The van der Waals surface area contributed by atoms with E-state index >= 15 is 0 Å². The quantitative estimate of drug-likeness (QED) is 0.738. The Kier molecular flexibility index (Phi) is 4.47. The Morgan fingerprint density at radius 2 is 1.60 bits per heavy atom. The van der Waals surface area contributed by atoms with Gasteiger partial charge in [0, 0.05) is 31.8 Å². The van der Waals surface area contributed by atoms with Crippen molar-refractivity contribution in [1.29, 1.82) is 0 Å². The van der Waals surface area contributed by atoms with Gasteiger partial charge in [-0.05, 0) is 43.4 Å². The van der Waals surface area contributed by atoms with Crippen LogP contribution in [-0.4, -0.2) is 31.8 Å². The van der Waals surface area contributed by atoms with Crippen LogP contribution in [0.3, 0.4) is 0 Å². The average Bonchev–Trinajstić information content (AvgIpc) is 2.32. The zero-order chi connectivity index (χ0) is 10.6. The maximum Gasteiger partial charge on any atom is 0.0471 e. The fourth-order valence-electron chi connectivity index (χ4n) is 2.76. The van der Waals surface area contributed by atoms with Crippen molar-refractivity contribution in [2.24, 2.45) is 11.3 Å². The summed E-state index contributed by atoms with van der Waals surface area (Å²) in [7, 11) is 0. The normalized spacial score (nSPS) is 27.8. The number of hydrogen-bond acceptors (Lipinski definition) is 2. The average molecular weight is 277 g/mol. The summed E-state index contributed by atoms with van der Waals surface area (Å²) in [6.07, 6.45) is 6.35. The molecule has 0 radical (unpaired) electrons. The lowest BCUT2D eigenvalue weighted by atomic mass is 9.73. The molecule has 0 aromatic rings. The Labute approximate surface area is 101 Å². The first-order valence-electron chi connectivity index (χ1n) is 6.06. The molecule has 0 saturated carbocycles. The fraction of sp³-hybridized carbons (Fsp3) is 1.00. The van der Waals surface area contributed by atoms with Crippen LogP contribution < -0.4 is 0 Å². The molecule has 2 saturated heterocycles. The number of alkyl halides is 1. The number of hydrogen-bond donors (Lipinski definition) is 0. The second-order valence-electron chi connectivity index (χ2n) is 5.01. The van der Waals surface area contributed by atoms with Gasteiger partial charge in [-0.15, -0.1) is 0 Å². The molecule has 2 aliphatic rings. The molecule has 15 heavy (non-hydrogen) atoms. The summed E-state index contributed by atoms with van der Waals surface area (Å²) in [6.45, 7) is 3.85. The van der Waals surface area contributed by atoms with Crippen LogP contribution in [0.15, 0.2) is 0 Å². The third-order valence-electron chi connectivity index (χ3n) is 3.90. The van der Waals surface area contributed by atoms with Crippen molar-refractivity contribution in [3.05, 3.63) is 0 Å². The van der Waals surface area contributed by atoms with E-state index < -0.39 is 0 Å². The SMILES string of the molecule is BrCC1(CC2CCOCC2)CCOCC1. The third kappa shape index (κ3) is 3.18. The van der Waals surface area contributed by atoms with Crippen LogP contribution in [0.25, 0.3) is 0 Å². The predicted octanol–water partition coefficient (Wildman–Crippen LogP) is 2.99. The number of rotatable bonds is 3. The van der Waals surface area contributed by atoms with Crippen LogP contribution in [0.1, 0.15) is 32.1 Å². The molecular weight excluding hydrogens is 256 g/mol. The van der Waals surface area contributed by atoms with Gasteiger partial charge in [0.1, 0.15) is 0 Å². The van der Waals surface area contributed by atoms with Gasteiger partial charge < -0.3 is 9.47 Å². The van der Waals surface area contributed by atoms with E-state index in [9.17, 15) is 0 Å². The van der Waals surface area contributed by atoms with E-state index in [1.807, 2.05) is 0 Å². The van der Waals surface area contributed by atoms with Gasteiger partial charge in [-0.2, -0.15) is 0 Å². The zero-order valence-corrected chi connectivity index (χ0v) is 10.9. The highest BCUT2D eigenvalue weighted by Gasteiger charge is 2.34. The molecule has 2 rings (SSSR count). The molecule has 0 N–H and O–H groups in total. The van der Waals surface area contributed by atoms with Crippen LogP contribution >= 0.6 is 15.9 Å². The van der Waals surface area contributed by atoms with E-state index in [1.54, 1.807) is 0 Å². The molecule has 0 aliphatic carbocycles. The first-order chi connectivity index (χ1) is 7.35. The van der Waals surface area contributed by atoms with Crippen LogP contribution in [0.5, 0.6) is 0 Å². The van der Waals surface area contributed by atoms with Crippen molar-refractivity contribution in [3.8, 4) is 0 Å². The monoisotopic (exact) mass is 276 g/mol. The molecule has 0 bridgehead atoms. The van der Waals surface area contributed by atoms with Gasteiger partial charge in [0.2, 0.25) is 0 Å². The van der Waals surface area contributed by atoms with Crippen molar-refractivity contribution >= 4 is 15.9 Å². The first kappa shape index (κ1) is 11.9. The molecule has 0 unspecified atom stereocenters. The molecule has 0 aromatic heterocycles. The highest BCUT2D eigenvalue weighted by atomic mass is 79.9. The molecule has 2 aliphatic heterocycles. The smallest absolute Gasteiger partial charge is 0.0471 e. The maximum absolute atomic E-state index is 5.47. The predicted molar refractivity (Wildman–Crippen MR) is 64.4 cm³/mol. The summed E-state index contributed by atoms with van der Waals surface area (Å²) in [5.74, 6) is 0.884. The van der Waals surface area contributed by atoms with Crippen molar-refractivity contribution in [2.75, 3.05) is 31.8 Å². The minimum atomic E-state index is 0.514. The molecule has 2 nitrogen and oxygen atoms in total. The zero-order valence-electron chi connectivity index (χ0n) is 9.34. The largest absolute Gasteiger partial charge is 0.381 e. The molecular formula is C12H21BrO2. The Bertz CT molecular complexity index is 184. The van der Waals surface area contributed by atoms with E-state index in [4.69, 9.17) is 9.47 Å². The van der Waals surface area contributed by atoms with E-state index in [1.165, 1.54) is 32.1 Å². The summed E-state index contributed by atoms with van der Waals surface area (Å²) in [6, 6.07) is 0. The standard InChI is InChI=1S/C12H21BrO2/c13-10-12(3-7-15-8-4-12)9-11-1-5-14-6-2-11/h11H,1-10H2. The second-order valence-corrected chi connectivity index (χ2v) is 5.57. The van der Waals surface area contributed by atoms with Gasteiger partial charge in [-0.3, -0.25) is 0 Å². The lowest BCUT2D eigenvalue weighted by molar-refractivity contribution is -0.00272. The van der Waals surface area contributed by atoms with E-state index in [0.717, 1.165) is 37.7 Å². The van der Waals surface area contributed by atoms with Crippen molar-refractivity contribution in [2.45, 2.75) is 32.1 Å². The minimum absolute atomic E-state index is 0.514. The number of halogens is 1. The Hall–Kier alpha value is 0.400. The van der Waals surface area contributed by atoms with Crippen molar-refractivity contribution < 1.29 is 9.47 Å². The van der Waals surface area contributed by atoms with Gasteiger partial charge in [0.05, 0.1) is 0 Å². The Morgan fingerprint density at radius 3 is 2.20 bits per heavy atom. The van der Waals surface area contributed by atoms with Crippen molar-refractivity contribution in [1.82, 2.24) is 0 Å². The first-order valence-corrected chi connectivity index (χ1v) is 7.18. The Balaban J connectivity index is 1.87. The molecule has 3 heteroatoms. The van der Waals surface area contributed by atoms with E-state index in [-0.39, 0.29) is 0 Å². The van der Waals surface area contributed by atoms with Crippen LogP contribution in [0.2, 0.25) is 0 Å². The van der Waals surface area contributed by atoms with Crippen molar-refractivity contribution in [3.63, 3.8) is 0 Å². The molecule has 2 fully saturated rings. The topological polar surface area (TPSA) is 18.5 Å². The van der Waals surface area contributed by atoms with Gasteiger partial charge >= 0.3 is 0 Å². The van der Waals surface area contributed by atoms with E-state index in [2.05, 4.69) is 15.9 Å². The summed E-state index contributed by atoms with van der Waals surface area (Å²) >= 11 is 3.71. The molecule has 0 amide bonds. The van der Waals surface area contributed by atoms with Gasteiger partial charge in [0.15, 0.2) is 0 Å². The highest BCUT2D eigenvalue weighted by molar-refractivity contribution is 9.09. The van der Waals surface area contributed by atoms with Gasteiger partial charge in [0.25, 0.3) is 0 Å². The fourth-order valence-corrected chi connectivity index (χ4v) is 3.55. The summed E-state index contributed by atoms with van der Waals surface area (Å²) in [4.78, 5) is 0. The molecule has 0 spiro atoms. The highest BCUT2D eigenvalue weighted by Crippen LogP contribution is 2.40. The summed E-state index contributed by atoms with van der Waals surface area (Å²) in [5, 5.41) is 1.14. The van der Waals surface area contributed by atoms with Crippen LogP contribution in [0.4, 0.5) is 0 Å². The van der Waals surface area contributed by atoms with Gasteiger partial charge in [-0.1, -0.05) is 15.9 Å². The lowest BCUT2D eigenvalue weighted by Gasteiger charge is -2.39. The maximum atomic E-state index is 5.47. The molecule has 2 heterocycles. The van der Waals surface area contributed by atoms with Crippen LogP contribution in [0, 0.1) is 11.3 Å². The molecule has 0 aromatic carbocycles. The Morgan fingerprint density at radius 1 is 1.00 bits per heavy atom. The minimum Gasteiger partial charge on any atom is -0.381 e. The van der Waals surface area contributed by atoms with Gasteiger partial charge in [-0.25, -0.2) is 0 Å². The number of ether oxygens (including phenoxy) is 2. The second kappa shape index (κ2) is 5.65. The lowest BCUT2D eigenvalue weighted by Crippen LogP contribution is -2.34.